The van der Waals surface area contributed by atoms with Gasteiger partial charge in [0, 0.05) is 17.8 Å². The highest BCUT2D eigenvalue weighted by molar-refractivity contribution is 5.66. The molecule has 35 heavy (non-hydrogen) atoms. The van der Waals surface area contributed by atoms with Crippen LogP contribution in [0, 0.1) is 56.7 Å². The molecule has 0 radical (unpaired) electrons. The third kappa shape index (κ3) is 3.21. The van der Waals surface area contributed by atoms with Crippen LogP contribution in [0.3, 0.4) is 0 Å². The molecule has 0 N–H and O–H groups in total. The monoisotopic (exact) mass is 482 g/mol. The molecule has 3 unspecified atom stereocenters. The highest BCUT2D eigenvalue weighted by Gasteiger charge is 2.71. The molecule has 0 aromatic carbocycles. The van der Waals surface area contributed by atoms with Crippen molar-refractivity contribution in [2.24, 2.45) is 56.7 Å². The largest absolute Gasteiger partial charge is 0.462 e. The molecule has 5 aliphatic carbocycles. The van der Waals surface area contributed by atoms with Crippen molar-refractivity contribution in [3.63, 3.8) is 0 Å². The molecule has 196 valence electrons. The lowest BCUT2D eigenvalue weighted by Crippen LogP contribution is -2.66. The lowest BCUT2D eigenvalue weighted by Gasteiger charge is -2.72. The van der Waals surface area contributed by atoms with Gasteiger partial charge in [0.15, 0.2) is 0 Å². The van der Waals surface area contributed by atoms with Crippen LogP contribution < -0.4 is 0 Å². The molecule has 3 nitrogen and oxygen atoms in total. The third-order valence-electron chi connectivity index (χ3n) is 13.6. The zero-order valence-corrected chi connectivity index (χ0v) is 23.5. The van der Waals surface area contributed by atoms with Gasteiger partial charge >= 0.3 is 5.97 Å². The first-order valence-corrected chi connectivity index (χ1v) is 14.6. The second kappa shape index (κ2) is 7.94. The van der Waals surface area contributed by atoms with Crippen molar-refractivity contribution in [3.05, 3.63) is 12.2 Å². The van der Waals surface area contributed by atoms with Crippen LogP contribution in [-0.4, -0.2) is 18.4 Å². The van der Waals surface area contributed by atoms with Gasteiger partial charge < -0.3 is 9.53 Å². The van der Waals surface area contributed by atoms with E-state index in [1.165, 1.54) is 44.0 Å². The Balaban J connectivity index is 1.51. The number of hydrogen-bond donors (Lipinski definition) is 0. The van der Waals surface area contributed by atoms with Gasteiger partial charge in [-0.2, -0.15) is 0 Å². The molecule has 0 aromatic heterocycles. The fourth-order valence-corrected chi connectivity index (χ4v) is 11.8. The molecule has 10 atom stereocenters. The third-order valence-corrected chi connectivity index (χ3v) is 13.6. The highest BCUT2D eigenvalue weighted by atomic mass is 16.5. The zero-order chi connectivity index (χ0) is 25.6. The number of rotatable bonds is 3. The van der Waals surface area contributed by atoms with E-state index < -0.39 is 0 Å². The minimum atomic E-state index is -0.134. The summed E-state index contributed by atoms with van der Waals surface area (Å²) in [4.78, 5) is 24.5. The summed E-state index contributed by atoms with van der Waals surface area (Å²) >= 11 is 0. The van der Waals surface area contributed by atoms with Gasteiger partial charge in [0.05, 0.1) is 0 Å². The first-order valence-electron chi connectivity index (χ1n) is 14.6. The summed E-state index contributed by atoms with van der Waals surface area (Å²) in [6.45, 7) is 20.8. The van der Waals surface area contributed by atoms with Crippen molar-refractivity contribution in [1.29, 1.82) is 0 Å². The van der Waals surface area contributed by atoms with Crippen LogP contribution in [0.25, 0.3) is 0 Å². The number of carbonyl (C=O) groups excluding carboxylic acids is 2. The van der Waals surface area contributed by atoms with E-state index in [9.17, 15) is 9.59 Å². The minimum Gasteiger partial charge on any atom is -0.462 e. The van der Waals surface area contributed by atoms with E-state index in [-0.39, 0.29) is 33.7 Å². The van der Waals surface area contributed by atoms with Crippen LogP contribution in [0.15, 0.2) is 12.2 Å². The minimum absolute atomic E-state index is 0.00743. The van der Waals surface area contributed by atoms with Crippen LogP contribution in [-0.2, 0) is 14.3 Å². The molecule has 0 heterocycles. The number of ether oxygens (including phenoxy) is 1. The van der Waals surface area contributed by atoms with Gasteiger partial charge in [0.25, 0.3) is 0 Å². The summed E-state index contributed by atoms with van der Waals surface area (Å²) in [6, 6.07) is 0. The van der Waals surface area contributed by atoms with E-state index in [2.05, 4.69) is 48.1 Å². The Labute approximate surface area is 214 Å². The summed E-state index contributed by atoms with van der Waals surface area (Å²) < 4.78 is 5.89. The predicted octanol–water partition coefficient (Wildman–Crippen LogP) is 7.77. The van der Waals surface area contributed by atoms with E-state index in [1.54, 1.807) is 6.92 Å². The topological polar surface area (TPSA) is 43.4 Å². The molecule has 0 bridgehead atoms. The Morgan fingerprint density at radius 2 is 1.54 bits per heavy atom. The normalized spacial score (nSPS) is 52.3. The van der Waals surface area contributed by atoms with Crippen molar-refractivity contribution in [2.45, 2.75) is 119 Å². The van der Waals surface area contributed by atoms with Gasteiger partial charge in [-0.25, -0.2) is 0 Å². The van der Waals surface area contributed by atoms with Crippen molar-refractivity contribution >= 4 is 12.3 Å². The molecule has 0 aliphatic heterocycles. The summed E-state index contributed by atoms with van der Waals surface area (Å²) in [7, 11) is 0. The summed E-state index contributed by atoms with van der Waals surface area (Å²) in [5.74, 6) is 2.76. The van der Waals surface area contributed by atoms with Crippen LogP contribution in [0.5, 0.6) is 0 Å². The Morgan fingerprint density at radius 3 is 2.17 bits per heavy atom. The van der Waals surface area contributed by atoms with Gasteiger partial charge in [0.2, 0.25) is 0 Å². The number of fused-ring (bicyclic) bond motifs is 7. The summed E-state index contributed by atoms with van der Waals surface area (Å²) in [6.07, 6.45) is 13.1. The SMILES string of the molecule is C=C(C)C1CC[C@]2(C=O)CC[C@]3(C)[C@H](CC[C@@H]4[C@@]5(C)CC[C@H](OC(C)=O)C(C)(C)C5CC[C@]43C)C12. The number of hydrogen-bond acceptors (Lipinski definition) is 3. The Hall–Kier alpha value is -1.12. The standard InChI is InChI=1S/C32H50O3/c1-20(2)22-11-16-32(19-33)18-17-30(7)23(27(22)32)9-10-25-29(6)14-13-26(35-21(3)34)28(4,5)24(29)12-15-31(25,30)8/h19,22-27H,1,9-18H2,2-8H3/t22?,23-,24?,25-,26+,27?,29+,30-,31-,32-/m1/s1. The van der Waals surface area contributed by atoms with E-state index >= 15 is 0 Å². The van der Waals surface area contributed by atoms with Crippen LogP contribution in [0.4, 0.5) is 0 Å². The quantitative estimate of drug-likeness (QED) is 0.234. The summed E-state index contributed by atoms with van der Waals surface area (Å²) in [5, 5.41) is 0. The van der Waals surface area contributed by atoms with Gasteiger partial charge in [-0.3, -0.25) is 4.79 Å². The average Bonchev–Trinajstić information content (AvgIpc) is 3.16. The van der Waals surface area contributed by atoms with E-state index in [0.717, 1.165) is 32.1 Å². The molecule has 5 aliphatic rings. The molecule has 5 fully saturated rings. The van der Waals surface area contributed by atoms with E-state index in [4.69, 9.17) is 4.74 Å². The fourth-order valence-electron chi connectivity index (χ4n) is 11.8. The Bertz CT molecular complexity index is 920. The van der Waals surface area contributed by atoms with Crippen LogP contribution >= 0.6 is 0 Å². The van der Waals surface area contributed by atoms with Crippen LogP contribution in [0.2, 0.25) is 0 Å². The van der Waals surface area contributed by atoms with Gasteiger partial charge in [0.1, 0.15) is 12.4 Å². The maximum atomic E-state index is 12.6. The molecule has 0 spiro atoms. The first kappa shape index (κ1) is 25.5. The number of esters is 1. The maximum Gasteiger partial charge on any atom is 0.302 e. The number of carbonyl (C=O) groups is 2. The smallest absolute Gasteiger partial charge is 0.302 e. The van der Waals surface area contributed by atoms with Crippen molar-refractivity contribution in [2.75, 3.05) is 0 Å². The molecule has 0 saturated heterocycles. The highest BCUT2D eigenvalue weighted by Crippen LogP contribution is 2.77. The Morgan fingerprint density at radius 1 is 0.829 bits per heavy atom. The van der Waals surface area contributed by atoms with Gasteiger partial charge in [-0.1, -0.05) is 46.8 Å². The average molecular weight is 483 g/mol. The van der Waals surface area contributed by atoms with E-state index in [1.807, 2.05) is 0 Å². The number of aldehydes is 1. The predicted molar refractivity (Wildman–Crippen MR) is 141 cm³/mol. The van der Waals surface area contributed by atoms with E-state index in [0.29, 0.717) is 35.0 Å². The first-order chi connectivity index (χ1) is 16.3. The molecule has 5 rings (SSSR count). The second-order valence-electron chi connectivity index (χ2n) is 15.0. The maximum absolute atomic E-state index is 12.6. The fraction of sp³-hybridized carbons (Fsp3) is 0.875. The molecule has 5 saturated carbocycles. The van der Waals surface area contributed by atoms with Gasteiger partial charge in [-0.15, -0.1) is 0 Å². The molecule has 0 amide bonds. The lowest BCUT2D eigenvalue weighted by molar-refractivity contribution is -0.247. The molecule has 3 heteroatoms. The lowest BCUT2D eigenvalue weighted by atomic mass is 9.32. The molecular weight excluding hydrogens is 432 g/mol. The van der Waals surface area contributed by atoms with Gasteiger partial charge in [-0.05, 0) is 117 Å². The van der Waals surface area contributed by atoms with Crippen molar-refractivity contribution < 1.29 is 14.3 Å². The van der Waals surface area contributed by atoms with Crippen LogP contribution in [0.1, 0.15) is 113 Å². The zero-order valence-electron chi connectivity index (χ0n) is 23.5. The summed E-state index contributed by atoms with van der Waals surface area (Å²) in [5.41, 5.74) is 2.05. The Kier molecular flexibility index (Phi) is 5.79. The molecular formula is C32H50O3. The number of allylic oxidation sites excluding steroid dienone is 1. The van der Waals surface area contributed by atoms with Crippen molar-refractivity contribution in [3.8, 4) is 0 Å². The van der Waals surface area contributed by atoms with Crippen molar-refractivity contribution in [1.82, 2.24) is 0 Å². The second-order valence-corrected chi connectivity index (χ2v) is 15.0. The molecule has 0 aromatic rings.